The Kier molecular flexibility index (Phi) is 4.54. The summed E-state index contributed by atoms with van der Waals surface area (Å²) in [5.41, 5.74) is 9.43. The first-order valence-electron chi connectivity index (χ1n) is 8.63. The van der Waals surface area contributed by atoms with Crippen molar-refractivity contribution >= 4 is 17.4 Å². The fourth-order valence-corrected chi connectivity index (χ4v) is 2.98. The molecule has 0 aliphatic rings. The Morgan fingerprint density at radius 2 is 2.04 bits per heavy atom. The summed E-state index contributed by atoms with van der Waals surface area (Å²) in [6.07, 6.45) is 3.25. The number of carbonyl (C=O) groups is 1. The third-order valence-corrected chi connectivity index (χ3v) is 4.31. The number of rotatable bonds is 4. The van der Waals surface area contributed by atoms with Gasteiger partial charge in [-0.15, -0.1) is 0 Å². The molecule has 3 N–H and O–H groups in total. The standard InChI is InChI=1S/C20H17FN6O/c1-12-9-13(4-5-15(12)21)19-20(27-17(26-19)3-2-7-24-27)14-6-8-23-16(10-14)25-18(28)11-22/h2-10H,11,22H2,1H3,(H,23,25,28). The van der Waals surface area contributed by atoms with Gasteiger partial charge in [-0.1, -0.05) is 0 Å². The Hall–Kier alpha value is -3.65. The number of halogens is 1. The molecule has 3 heterocycles. The van der Waals surface area contributed by atoms with E-state index in [9.17, 15) is 9.18 Å². The van der Waals surface area contributed by atoms with Gasteiger partial charge < -0.3 is 11.1 Å². The number of benzene rings is 1. The number of imidazole rings is 1. The highest BCUT2D eigenvalue weighted by Gasteiger charge is 2.18. The second kappa shape index (κ2) is 7.16. The lowest BCUT2D eigenvalue weighted by Gasteiger charge is -2.08. The van der Waals surface area contributed by atoms with E-state index in [-0.39, 0.29) is 18.3 Å². The van der Waals surface area contributed by atoms with Crippen LogP contribution in [0.2, 0.25) is 0 Å². The lowest BCUT2D eigenvalue weighted by molar-refractivity contribution is -0.114. The Bertz CT molecular complexity index is 1190. The third-order valence-electron chi connectivity index (χ3n) is 4.31. The van der Waals surface area contributed by atoms with Crippen LogP contribution in [0.25, 0.3) is 28.2 Å². The van der Waals surface area contributed by atoms with Crippen LogP contribution in [0, 0.1) is 12.7 Å². The van der Waals surface area contributed by atoms with Crippen LogP contribution in [0.3, 0.4) is 0 Å². The van der Waals surface area contributed by atoms with Crippen LogP contribution >= 0.6 is 0 Å². The smallest absolute Gasteiger partial charge is 0.239 e. The maximum Gasteiger partial charge on any atom is 0.239 e. The average molecular weight is 376 g/mol. The van der Waals surface area contributed by atoms with Gasteiger partial charge in [-0.3, -0.25) is 4.79 Å². The van der Waals surface area contributed by atoms with Crippen molar-refractivity contribution in [2.75, 3.05) is 11.9 Å². The van der Waals surface area contributed by atoms with Crippen molar-refractivity contribution in [1.82, 2.24) is 19.6 Å². The first kappa shape index (κ1) is 17.7. The predicted molar refractivity (Wildman–Crippen MR) is 104 cm³/mol. The van der Waals surface area contributed by atoms with Crippen LogP contribution in [0.5, 0.6) is 0 Å². The molecule has 8 heteroatoms. The number of pyridine rings is 1. The molecule has 140 valence electrons. The molecule has 0 radical (unpaired) electrons. The van der Waals surface area contributed by atoms with E-state index >= 15 is 0 Å². The number of anilines is 1. The lowest BCUT2D eigenvalue weighted by atomic mass is 10.0. The number of nitrogens with two attached hydrogens (primary N) is 1. The van der Waals surface area contributed by atoms with Crippen LogP contribution < -0.4 is 11.1 Å². The summed E-state index contributed by atoms with van der Waals surface area (Å²) in [6, 6.07) is 12.0. The third kappa shape index (κ3) is 3.21. The van der Waals surface area contributed by atoms with E-state index in [1.54, 1.807) is 54.2 Å². The predicted octanol–water partition coefficient (Wildman–Crippen LogP) is 2.80. The number of amides is 1. The SMILES string of the molecule is Cc1cc(-c2nc3cccnn3c2-c2ccnc(NC(=O)CN)c2)ccc1F. The van der Waals surface area contributed by atoms with Crippen LogP contribution in [-0.2, 0) is 4.79 Å². The van der Waals surface area contributed by atoms with E-state index in [4.69, 9.17) is 5.73 Å². The lowest BCUT2D eigenvalue weighted by Crippen LogP contribution is -2.22. The summed E-state index contributed by atoms with van der Waals surface area (Å²) in [5.74, 6) is -0.238. The highest BCUT2D eigenvalue weighted by Crippen LogP contribution is 2.33. The molecule has 7 nitrogen and oxygen atoms in total. The molecule has 0 fully saturated rings. The number of hydrogen-bond acceptors (Lipinski definition) is 5. The van der Waals surface area contributed by atoms with Crippen LogP contribution in [0.15, 0.2) is 54.9 Å². The minimum Gasteiger partial charge on any atom is -0.322 e. The van der Waals surface area contributed by atoms with Gasteiger partial charge in [0, 0.05) is 23.5 Å². The van der Waals surface area contributed by atoms with E-state index in [1.807, 2.05) is 6.07 Å². The van der Waals surface area contributed by atoms with Crippen molar-refractivity contribution < 1.29 is 9.18 Å². The number of aryl methyl sites for hydroxylation is 1. The number of nitrogens with zero attached hydrogens (tertiary/aromatic N) is 4. The van der Waals surface area contributed by atoms with Gasteiger partial charge in [-0.2, -0.15) is 5.10 Å². The highest BCUT2D eigenvalue weighted by atomic mass is 19.1. The Labute approximate surface area is 160 Å². The first-order valence-corrected chi connectivity index (χ1v) is 8.63. The molecule has 4 aromatic rings. The van der Waals surface area contributed by atoms with Crippen LogP contribution in [0.1, 0.15) is 5.56 Å². The highest BCUT2D eigenvalue weighted by molar-refractivity contribution is 5.92. The normalized spacial score (nSPS) is 11.0. The van der Waals surface area contributed by atoms with Crippen molar-refractivity contribution in [3.63, 3.8) is 0 Å². The van der Waals surface area contributed by atoms with Crippen molar-refractivity contribution in [2.45, 2.75) is 6.92 Å². The summed E-state index contributed by atoms with van der Waals surface area (Å²) in [7, 11) is 0. The molecule has 0 atom stereocenters. The molecule has 28 heavy (non-hydrogen) atoms. The van der Waals surface area contributed by atoms with Crippen LogP contribution in [0.4, 0.5) is 10.2 Å². The van der Waals surface area contributed by atoms with Crippen molar-refractivity contribution in [3.05, 3.63) is 66.2 Å². The molecule has 0 bridgehead atoms. The van der Waals surface area contributed by atoms with Gasteiger partial charge in [0.2, 0.25) is 5.91 Å². The zero-order valence-corrected chi connectivity index (χ0v) is 15.1. The Balaban J connectivity index is 1.92. The molecular weight excluding hydrogens is 359 g/mol. The zero-order valence-electron chi connectivity index (χ0n) is 15.1. The molecule has 4 rings (SSSR count). The summed E-state index contributed by atoms with van der Waals surface area (Å²) in [6.45, 7) is 1.57. The molecule has 0 aliphatic carbocycles. The van der Waals surface area contributed by atoms with Gasteiger partial charge in [0.05, 0.1) is 12.2 Å². The number of nitrogens with one attached hydrogen (secondary N) is 1. The fourth-order valence-electron chi connectivity index (χ4n) is 2.98. The van der Waals surface area contributed by atoms with Gasteiger partial charge >= 0.3 is 0 Å². The van der Waals surface area contributed by atoms with Gasteiger partial charge in [-0.25, -0.2) is 18.9 Å². The van der Waals surface area contributed by atoms with Gasteiger partial charge in [0.1, 0.15) is 17.3 Å². The van der Waals surface area contributed by atoms with Gasteiger partial charge in [-0.05, 0) is 55.0 Å². The Morgan fingerprint density at radius 1 is 1.18 bits per heavy atom. The molecule has 0 saturated carbocycles. The summed E-state index contributed by atoms with van der Waals surface area (Å²) < 4.78 is 15.5. The number of fused-ring (bicyclic) bond motifs is 1. The molecule has 0 saturated heterocycles. The quantitative estimate of drug-likeness (QED) is 0.571. The van der Waals surface area contributed by atoms with Gasteiger partial charge in [0.15, 0.2) is 5.65 Å². The average Bonchev–Trinajstić information content (AvgIpc) is 3.09. The van der Waals surface area contributed by atoms with Crippen LogP contribution in [-0.4, -0.2) is 32.0 Å². The van der Waals surface area contributed by atoms with Gasteiger partial charge in [0.25, 0.3) is 0 Å². The maximum absolute atomic E-state index is 13.8. The molecular formula is C20H17FN6O. The number of carbonyl (C=O) groups excluding carboxylic acids is 1. The van der Waals surface area contributed by atoms with Crippen molar-refractivity contribution in [3.8, 4) is 22.5 Å². The number of hydrogen-bond donors (Lipinski definition) is 2. The molecule has 1 aromatic carbocycles. The zero-order chi connectivity index (χ0) is 19.7. The molecule has 3 aromatic heterocycles. The minimum absolute atomic E-state index is 0.136. The largest absolute Gasteiger partial charge is 0.322 e. The second-order valence-electron chi connectivity index (χ2n) is 6.25. The summed E-state index contributed by atoms with van der Waals surface area (Å²) in [4.78, 5) is 20.5. The van der Waals surface area contributed by atoms with E-state index in [1.165, 1.54) is 6.07 Å². The topological polar surface area (TPSA) is 98.2 Å². The van der Waals surface area contributed by atoms with Crippen molar-refractivity contribution in [2.24, 2.45) is 5.73 Å². The molecule has 0 aliphatic heterocycles. The monoisotopic (exact) mass is 376 g/mol. The van der Waals surface area contributed by atoms with Crippen molar-refractivity contribution in [1.29, 1.82) is 0 Å². The molecule has 0 unspecified atom stereocenters. The van der Waals surface area contributed by atoms with E-state index in [2.05, 4.69) is 20.4 Å². The first-order chi connectivity index (χ1) is 13.6. The minimum atomic E-state index is -0.338. The van der Waals surface area contributed by atoms with E-state index in [0.29, 0.717) is 28.4 Å². The Morgan fingerprint density at radius 3 is 2.82 bits per heavy atom. The number of aromatic nitrogens is 4. The molecule has 0 spiro atoms. The van der Waals surface area contributed by atoms with E-state index in [0.717, 1.165) is 11.1 Å². The van der Waals surface area contributed by atoms with E-state index < -0.39 is 0 Å². The second-order valence-corrected chi connectivity index (χ2v) is 6.25. The summed E-state index contributed by atoms with van der Waals surface area (Å²) >= 11 is 0. The maximum atomic E-state index is 13.8. The molecule has 1 amide bonds. The summed E-state index contributed by atoms with van der Waals surface area (Å²) in [5, 5.41) is 7.05. The fraction of sp³-hybridized carbons (Fsp3) is 0.100.